The number of halogens is 1. The third-order valence-electron chi connectivity index (χ3n) is 3.37. The molecular formula is C16H16BrNO5. The average molecular weight is 382 g/mol. The molecule has 0 radical (unpaired) electrons. The molecule has 23 heavy (non-hydrogen) atoms. The SMILES string of the molecule is C=CCO[C@@H]1C(Br)=CCC[C@H]1OC(=O)c1ccc([N+](=O)[O-])cc1. The summed E-state index contributed by atoms with van der Waals surface area (Å²) in [6.07, 6.45) is 4.25. The van der Waals surface area contributed by atoms with Crippen molar-refractivity contribution in [3.63, 3.8) is 0 Å². The van der Waals surface area contributed by atoms with E-state index in [2.05, 4.69) is 22.5 Å². The Bertz CT molecular complexity index is 626. The molecule has 0 saturated heterocycles. The Hall–Kier alpha value is -1.99. The zero-order chi connectivity index (χ0) is 16.8. The Morgan fingerprint density at radius 2 is 2.13 bits per heavy atom. The number of benzene rings is 1. The van der Waals surface area contributed by atoms with Gasteiger partial charge in [-0.1, -0.05) is 28.1 Å². The summed E-state index contributed by atoms with van der Waals surface area (Å²) in [5.41, 5.74) is 0.195. The van der Waals surface area contributed by atoms with Crippen molar-refractivity contribution < 1.29 is 19.2 Å². The summed E-state index contributed by atoms with van der Waals surface area (Å²) in [7, 11) is 0. The van der Waals surface area contributed by atoms with Gasteiger partial charge < -0.3 is 9.47 Å². The Morgan fingerprint density at radius 1 is 1.43 bits per heavy atom. The summed E-state index contributed by atoms with van der Waals surface area (Å²) >= 11 is 3.43. The zero-order valence-electron chi connectivity index (χ0n) is 12.3. The number of carbonyl (C=O) groups excluding carboxylic acids is 1. The summed E-state index contributed by atoms with van der Waals surface area (Å²) in [6, 6.07) is 5.32. The van der Waals surface area contributed by atoms with Gasteiger partial charge in [0.2, 0.25) is 0 Å². The number of nitrogens with zero attached hydrogens (tertiary/aromatic N) is 1. The molecule has 0 spiro atoms. The van der Waals surface area contributed by atoms with Gasteiger partial charge in [-0.15, -0.1) is 6.58 Å². The minimum atomic E-state index is -0.528. The number of ether oxygens (including phenoxy) is 2. The molecule has 6 nitrogen and oxygen atoms in total. The highest BCUT2D eigenvalue weighted by Gasteiger charge is 2.31. The van der Waals surface area contributed by atoms with Gasteiger partial charge in [0.15, 0.2) is 0 Å². The number of hydrogen-bond acceptors (Lipinski definition) is 5. The van der Waals surface area contributed by atoms with E-state index in [-0.39, 0.29) is 17.4 Å². The number of nitro groups is 1. The lowest BCUT2D eigenvalue weighted by atomic mass is 10.0. The monoisotopic (exact) mass is 381 g/mol. The van der Waals surface area contributed by atoms with Gasteiger partial charge in [-0.25, -0.2) is 4.79 Å². The van der Waals surface area contributed by atoms with Crippen LogP contribution >= 0.6 is 15.9 Å². The lowest BCUT2D eigenvalue weighted by Gasteiger charge is -2.29. The molecule has 0 saturated carbocycles. The van der Waals surface area contributed by atoms with Crippen molar-refractivity contribution in [1.82, 2.24) is 0 Å². The number of hydrogen-bond donors (Lipinski definition) is 0. The molecule has 0 unspecified atom stereocenters. The van der Waals surface area contributed by atoms with Crippen LogP contribution in [0.2, 0.25) is 0 Å². The lowest BCUT2D eigenvalue weighted by Crippen LogP contribution is -2.36. The van der Waals surface area contributed by atoms with Crippen LogP contribution in [0.4, 0.5) is 5.69 Å². The molecule has 2 rings (SSSR count). The second-order valence-corrected chi connectivity index (χ2v) is 5.87. The van der Waals surface area contributed by atoms with Crippen molar-refractivity contribution in [1.29, 1.82) is 0 Å². The fourth-order valence-corrected chi connectivity index (χ4v) is 2.89. The van der Waals surface area contributed by atoms with E-state index in [1.165, 1.54) is 24.3 Å². The number of esters is 1. The van der Waals surface area contributed by atoms with E-state index in [9.17, 15) is 14.9 Å². The first kappa shape index (κ1) is 17.4. The maximum atomic E-state index is 12.2. The van der Waals surface area contributed by atoms with Gasteiger partial charge in [0.1, 0.15) is 12.2 Å². The van der Waals surface area contributed by atoms with E-state index in [0.29, 0.717) is 13.0 Å². The molecule has 1 aliphatic rings. The normalized spacial score (nSPS) is 20.5. The third-order valence-corrected chi connectivity index (χ3v) is 4.14. The van der Waals surface area contributed by atoms with Gasteiger partial charge in [-0.3, -0.25) is 10.1 Å². The number of carbonyl (C=O) groups is 1. The van der Waals surface area contributed by atoms with Crippen molar-refractivity contribution in [3.05, 3.63) is 63.2 Å². The molecule has 0 fully saturated rings. The van der Waals surface area contributed by atoms with Crippen LogP contribution in [0.3, 0.4) is 0 Å². The van der Waals surface area contributed by atoms with Crippen LogP contribution in [0.25, 0.3) is 0 Å². The van der Waals surface area contributed by atoms with Gasteiger partial charge in [-0.05, 0) is 25.0 Å². The van der Waals surface area contributed by atoms with Crippen molar-refractivity contribution in [2.45, 2.75) is 25.0 Å². The average Bonchev–Trinajstić information content (AvgIpc) is 2.54. The minimum Gasteiger partial charge on any atom is -0.456 e. The van der Waals surface area contributed by atoms with E-state index < -0.39 is 17.0 Å². The molecule has 1 aromatic rings. The Morgan fingerprint density at radius 3 is 2.74 bits per heavy atom. The molecule has 1 aliphatic carbocycles. The second kappa shape index (κ2) is 8.03. The van der Waals surface area contributed by atoms with Crippen LogP contribution in [0, 0.1) is 10.1 Å². The summed E-state index contributed by atoms with van der Waals surface area (Å²) in [4.78, 5) is 22.3. The third kappa shape index (κ3) is 4.49. The molecule has 0 aromatic heterocycles. The molecule has 0 aliphatic heterocycles. The summed E-state index contributed by atoms with van der Waals surface area (Å²) in [5, 5.41) is 10.6. The highest BCUT2D eigenvalue weighted by atomic mass is 79.9. The molecule has 0 N–H and O–H groups in total. The van der Waals surface area contributed by atoms with E-state index in [1.54, 1.807) is 6.08 Å². The van der Waals surface area contributed by atoms with E-state index in [0.717, 1.165) is 10.9 Å². The number of nitro benzene ring substituents is 1. The smallest absolute Gasteiger partial charge is 0.338 e. The van der Waals surface area contributed by atoms with E-state index in [1.807, 2.05) is 6.08 Å². The fraction of sp³-hybridized carbons (Fsp3) is 0.312. The molecule has 122 valence electrons. The zero-order valence-corrected chi connectivity index (χ0v) is 13.9. The number of non-ortho nitro benzene ring substituents is 1. The first-order chi connectivity index (χ1) is 11.0. The largest absolute Gasteiger partial charge is 0.456 e. The van der Waals surface area contributed by atoms with Gasteiger partial charge in [-0.2, -0.15) is 0 Å². The van der Waals surface area contributed by atoms with E-state index >= 15 is 0 Å². The van der Waals surface area contributed by atoms with Gasteiger partial charge in [0.25, 0.3) is 5.69 Å². The molecule has 2 atom stereocenters. The standard InChI is InChI=1S/C16H16BrNO5/c1-2-10-22-15-13(17)4-3-5-14(15)23-16(19)11-6-8-12(9-7-11)18(20)21/h2,4,6-9,14-15H,1,3,5,10H2/t14-,15-/m1/s1. The quantitative estimate of drug-likeness (QED) is 0.324. The van der Waals surface area contributed by atoms with Crippen molar-refractivity contribution in [2.24, 2.45) is 0 Å². The maximum absolute atomic E-state index is 12.2. The van der Waals surface area contributed by atoms with Crippen LogP contribution in [-0.2, 0) is 9.47 Å². The van der Waals surface area contributed by atoms with Crippen LogP contribution in [0.5, 0.6) is 0 Å². The Kier molecular flexibility index (Phi) is 6.06. The second-order valence-electron chi connectivity index (χ2n) is 4.96. The van der Waals surface area contributed by atoms with Gasteiger partial charge in [0.05, 0.1) is 17.1 Å². The fourth-order valence-electron chi connectivity index (χ4n) is 2.23. The van der Waals surface area contributed by atoms with Crippen molar-refractivity contribution in [2.75, 3.05) is 6.61 Å². The molecule has 1 aromatic carbocycles. The predicted molar refractivity (Wildman–Crippen MR) is 88.5 cm³/mol. The van der Waals surface area contributed by atoms with Crippen LogP contribution < -0.4 is 0 Å². The maximum Gasteiger partial charge on any atom is 0.338 e. The Labute approximate surface area is 142 Å². The first-order valence-electron chi connectivity index (χ1n) is 7.06. The molecule has 7 heteroatoms. The molecule has 0 bridgehead atoms. The van der Waals surface area contributed by atoms with Crippen molar-refractivity contribution >= 4 is 27.6 Å². The van der Waals surface area contributed by atoms with Gasteiger partial charge >= 0.3 is 5.97 Å². The van der Waals surface area contributed by atoms with Crippen LogP contribution in [-0.4, -0.2) is 29.7 Å². The van der Waals surface area contributed by atoms with Crippen molar-refractivity contribution in [3.8, 4) is 0 Å². The Balaban J connectivity index is 2.06. The summed E-state index contributed by atoms with van der Waals surface area (Å²) in [6.45, 7) is 3.95. The lowest BCUT2D eigenvalue weighted by molar-refractivity contribution is -0.384. The molecule has 0 amide bonds. The first-order valence-corrected chi connectivity index (χ1v) is 7.85. The number of rotatable bonds is 6. The highest BCUT2D eigenvalue weighted by Crippen LogP contribution is 2.29. The topological polar surface area (TPSA) is 78.7 Å². The summed E-state index contributed by atoms with van der Waals surface area (Å²) < 4.78 is 12.0. The summed E-state index contributed by atoms with van der Waals surface area (Å²) in [5.74, 6) is -0.528. The molecule has 0 heterocycles. The predicted octanol–water partition coefficient (Wildman–Crippen LogP) is 3.76. The minimum absolute atomic E-state index is 0.0721. The van der Waals surface area contributed by atoms with Crippen LogP contribution in [0.1, 0.15) is 23.2 Å². The van der Waals surface area contributed by atoms with E-state index in [4.69, 9.17) is 9.47 Å². The van der Waals surface area contributed by atoms with Crippen LogP contribution in [0.15, 0.2) is 47.5 Å². The number of allylic oxidation sites excluding steroid dienone is 1. The van der Waals surface area contributed by atoms with Gasteiger partial charge in [0, 0.05) is 16.6 Å². The highest BCUT2D eigenvalue weighted by molar-refractivity contribution is 9.11. The molecular weight excluding hydrogens is 366 g/mol.